The maximum atomic E-state index is 5.54. The quantitative estimate of drug-likeness (QED) is 0.199. The van der Waals surface area contributed by atoms with Crippen molar-refractivity contribution in [3.8, 4) is 0 Å². The number of fused-ring (bicyclic) bond motifs is 2. The molecule has 2 heteroatoms. The molecule has 0 aromatic heterocycles. The zero-order valence-corrected chi connectivity index (χ0v) is 20.1. The second kappa shape index (κ2) is 12.5. The Hall–Kier alpha value is -2.08. The summed E-state index contributed by atoms with van der Waals surface area (Å²) >= 11 is 6.84. The Balaban J connectivity index is 0.000000151. The SMILES string of the molecule is Cc1cccc2[cH-]ccc12.Cc1cccc2[cH-]ccc12.Clc1ccccc1.[CH2]=[Zr+2]. The van der Waals surface area contributed by atoms with Gasteiger partial charge >= 0.3 is 28.4 Å². The van der Waals surface area contributed by atoms with Crippen LogP contribution in [0, 0.1) is 13.8 Å². The first kappa shape index (κ1) is 23.2. The van der Waals surface area contributed by atoms with Gasteiger partial charge in [0.15, 0.2) is 0 Å². The van der Waals surface area contributed by atoms with E-state index in [1.807, 2.05) is 30.3 Å². The molecular formula is C27H25ClZr. The van der Waals surface area contributed by atoms with Gasteiger partial charge in [-0.2, -0.15) is 24.3 Å². The molecule has 0 aliphatic heterocycles. The molecule has 0 atom stereocenters. The van der Waals surface area contributed by atoms with Gasteiger partial charge in [0, 0.05) is 5.02 Å². The molecule has 0 nitrogen and oxygen atoms in total. The van der Waals surface area contributed by atoms with Crippen molar-refractivity contribution in [2.45, 2.75) is 13.8 Å². The molecule has 0 heterocycles. The van der Waals surface area contributed by atoms with E-state index in [1.54, 1.807) is 0 Å². The Kier molecular flexibility index (Phi) is 9.98. The van der Waals surface area contributed by atoms with Crippen LogP contribution in [0.15, 0.2) is 103 Å². The van der Waals surface area contributed by atoms with Gasteiger partial charge in [0.1, 0.15) is 0 Å². The van der Waals surface area contributed by atoms with E-state index in [0.29, 0.717) is 0 Å². The normalized spacial score (nSPS) is 9.55. The van der Waals surface area contributed by atoms with Crippen LogP contribution >= 0.6 is 11.6 Å². The minimum atomic E-state index is 0.794. The summed E-state index contributed by atoms with van der Waals surface area (Å²) in [7, 11) is 0. The summed E-state index contributed by atoms with van der Waals surface area (Å²) in [5.74, 6) is 0. The van der Waals surface area contributed by atoms with E-state index < -0.39 is 0 Å². The molecule has 29 heavy (non-hydrogen) atoms. The van der Waals surface area contributed by atoms with Crippen LogP contribution in [0.4, 0.5) is 0 Å². The molecule has 0 spiro atoms. The Morgan fingerprint density at radius 3 is 1.41 bits per heavy atom. The molecule has 0 N–H and O–H groups in total. The molecule has 0 bridgehead atoms. The predicted molar refractivity (Wildman–Crippen MR) is 127 cm³/mol. The average Bonchev–Trinajstić information content (AvgIpc) is 3.42. The zero-order chi connectivity index (χ0) is 21.1. The third-order valence-electron chi connectivity index (χ3n) is 4.53. The van der Waals surface area contributed by atoms with E-state index in [4.69, 9.17) is 11.6 Å². The van der Waals surface area contributed by atoms with Crippen molar-refractivity contribution in [2.24, 2.45) is 0 Å². The molecule has 0 saturated heterocycles. The van der Waals surface area contributed by atoms with Crippen molar-refractivity contribution in [3.63, 3.8) is 0 Å². The first-order valence-electron chi connectivity index (χ1n) is 9.43. The van der Waals surface area contributed by atoms with Crippen LogP contribution in [0.2, 0.25) is 5.02 Å². The summed E-state index contributed by atoms with van der Waals surface area (Å²) in [6.07, 6.45) is 0. The monoisotopic (exact) mass is 474 g/mol. The minimum absolute atomic E-state index is 0.794. The zero-order valence-electron chi connectivity index (χ0n) is 16.9. The van der Waals surface area contributed by atoms with E-state index >= 15 is 0 Å². The summed E-state index contributed by atoms with van der Waals surface area (Å²) in [6, 6.07) is 35.0. The van der Waals surface area contributed by atoms with Crippen molar-refractivity contribution < 1.29 is 24.2 Å². The number of hydrogen-bond acceptors (Lipinski definition) is 0. The van der Waals surface area contributed by atoms with Crippen LogP contribution < -0.4 is 0 Å². The van der Waals surface area contributed by atoms with Crippen LogP contribution in [0.5, 0.6) is 0 Å². The molecule has 0 unspecified atom stereocenters. The van der Waals surface area contributed by atoms with Crippen molar-refractivity contribution >= 4 is 37.4 Å². The van der Waals surface area contributed by atoms with Crippen LogP contribution in [-0.2, 0) is 24.2 Å². The van der Waals surface area contributed by atoms with Gasteiger partial charge in [-0.25, -0.2) is 0 Å². The van der Waals surface area contributed by atoms with Crippen LogP contribution in [0.25, 0.3) is 21.5 Å². The van der Waals surface area contributed by atoms with E-state index in [1.165, 1.54) is 56.9 Å². The van der Waals surface area contributed by atoms with E-state index in [0.717, 1.165) is 5.02 Å². The number of halogens is 1. The second-order valence-corrected chi connectivity index (χ2v) is 6.94. The summed E-state index contributed by atoms with van der Waals surface area (Å²) in [5, 5.41) is 6.24. The molecule has 5 rings (SSSR count). The summed E-state index contributed by atoms with van der Waals surface area (Å²) in [6.45, 7) is 4.28. The topological polar surface area (TPSA) is 0 Å². The summed E-state index contributed by atoms with van der Waals surface area (Å²) < 4.78 is 3.34. The fourth-order valence-electron chi connectivity index (χ4n) is 3.06. The van der Waals surface area contributed by atoms with Crippen LogP contribution in [0.1, 0.15) is 11.1 Å². The van der Waals surface area contributed by atoms with Gasteiger partial charge in [0.25, 0.3) is 0 Å². The van der Waals surface area contributed by atoms with E-state index in [-0.39, 0.29) is 0 Å². The number of rotatable bonds is 0. The van der Waals surface area contributed by atoms with Crippen LogP contribution in [0.3, 0.4) is 0 Å². The maximum absolute atomic E-state index is 5.54. The molecule has 0 fully saturated rings. The predicted octanol–water partition coefficient (Wildman–Crippen LogP) is 8.04. The van der Waals surface area contributed by atoms with Crippen molar-refractivity contribution in [3.05, 3.63) is 119 Å². The molecule has 0 saturated carbocycles. The number of hydrogen-bond donors (Lipinski definition) is 0. The fraction of sp³-hybridized carbons (Fsp3) is 0.0741. The van der Waals surface area contributed by atoms with Gasteiger partial charge in [-0.15, -0.1) is 57.9 Å². The molecule has 0 aliphatic rings. The number of benzene rings is 3. The van der Waals surface area contributed by atoms with Gasteiger partial charge in [0.05, 0.1) is 0 Å². The van der Waals surface area contributed by atoms with Gasteiger partial charge in [-0.05, 0) is 26.0 Å². The van der Waals surface area contributed by atoms with Gasteiger partial charge in [-0.3, -0.25) is 0 Å². The molecule has 0 amide bonds. The van der Waals surface area contributed by atoms with Gasteiger partial charge in [0.2, 0.25) is 0 Å². The van der Waals surface area contributed by atoms with Gasteiger partial charge < -0.3 is 0 Å². The molecule has 0 radical (unpaired) electrons. The van der Waals surface area contributed by atoms with Crippen molar-refractivity contribution in [1.29, 1.82) is 0 Å². The Morgan fingerprint density at radius 2 is 1.07 bits per heavy atom. The third kappa shape index (κ3) is 7.03. The Morgan fingerprint density at radius 1 is 0.621 bits per heavy atom. The standard InChI is InChI=1S/2C10H9.C6H5Cl.CH2.Zr/c2*1-8-4-2-5-9-6-3-7-10(8)9;7-6-4-2-1-3-5-6;;/h2*2-7H,1H3;1-5H;1H2;/q2*-1;;;+2. The summed E-state index contributed by atoms with van der Waals surface area (Å²) in [4.78, 5) is 0. The average molecular weight is 476 g/mol. The van der Waals surface area contributed by atoms with E-state index in [9.17, 15) is 0 Å². The first-order valence-corrected chi connectivity index (χ1v) is 11.5. The molecule has 0 aliphatic carbocycles. The number of aryl methyl sites for hydroxylation is 2. The molecule has 5 aromatic rings. The molecule has 5 aromatic carbocycles. The van der Waals surface area contributed by atoms with E-state index in [2.05, 4.69) is 90.9 Å². The Labute approximate surface area is 193 Å². The first-order chi connectivity index (χ1) is 14.1. The summed E-state index contributed by atoms with van der Waals surface area (Å²) in [5.41, 5.74) is 2.73. The molecule has 144 valence electrons. The third-order valence-corrected chi connectivity index (χ3v) is 4.78. The van der Waals surface area contributed by atoms with Crippen molar-refractivity contribution in [1.82, 2.24) is 0 Å². The van der Waals surface area contributed by atoms with Gasteiger partial charge in [-0.1, -0.05) is 53.1 Å². The van der Waals surface area contributed by atoms with Crippen LogP contribution in [-0.4, -0.2) is 4.21 Å². The fourth-order valence-corrected chi connectivity index (χ4v) is 3.21. The van der Waals surface area contributed by atoms with Crippen molar-refractivity contribution in [2.75, 3.05) is 0 Å². The molecular weight excluding hydrogens is 451 g/mol. The Bertz CT molecular complexity index is 1050. The second-order valence-electron chi connectivity index (χ2n) is 6.50.